The van der Waals surface area contributed by atoms with E-state index in [2.05, 4.69) is 0 Å². The molecule has 0 aromatic heterocycles. The molecule has 0 aliphatic carbocycles. The van der Waals surface area contributed by atoms with Crippen LogP contribution >= 0.6 is 11.8 Å². The molecule has 1 N–H and O–H groups in total. The third-order valence-electron chi connectivity index (χ3n) is 1.40. The fraction of sp³-hybridized carbons (Fsp3) is 0.125. The van der Waals surface area contributed by atoms with E-state index in [-0.39, 0.29) is 16.2 Å². The van der Waals surface area contributed by atoms with Crippen molar-refractivity contribution in [1.29, 1.82) is 5.26 Å². The number of thioether (sulfide) groups is 1. The Balaban J connectivity index is 3.36. The monoisotopic (exact) mass is 183 g/mol. The molecule has 0 aliphatic heterocycles. The van der Waals surface area contributed by atoms with Gasteiger partial charge in [-0.05, 0) is 18.4 Å². The van der Waals surface area contributed by atoms with Gasteiger partial charge in [-0.3, -0.25) is 0 Å². The topological polar surface area (TPSA) is 44.0 Å². The molecular formula is C8H6FNOS. The molecule has 0 saturated heterocycles. The van der Waals surface area contributed by atoms with Gasteiger partial charge in [-0.15, -0.1) is 11.8 Å². The van der Waals surface area contributed by atoms with Crippen molar-refractivity contribution in [2.75, 3.05) is 6.26 Å². The molecule has 1 aromatic rings. The Hall–Kier alpha value is -1.21. The summed E-state index contributed by atoms with van der Waals surface area (Å²) in [6.45, 7) is 0. The van der Waals surface area contributed by atoms with E-state index in [1.54, 1.807) is 12.3 Å². The van der Waals surface area contributed by atoms with Crippen molar-refractivity contribution in [3.63, 3.8) is 0 Å². The molecule has 12 heavy (non-hydrogen) atoms. The largest absolute Gasteiger partial charge is 0.507 e. The lowest BCUT2D eigenvalue weighted by Crippen LogP contribution is -1.87. The van der Waals surface area contributed by atoms with Gasteiger partial charge in [-0.25, -0.2) is 4.39 Å². The number of hydrogen-bond donors (Lipinski definition) is 1. The maximum absolute atomic E-state index is 13.1. The van der Waals surface area contributed by atoms with Crippen molar-refractivity contribution in [3.8, 4) is 11.8 Å². The minimum Gasteiger partial charge on any atom is -0.507 e. The molecule has 0 unspecified atom stereocenters. The Morgan fingerprint density at radius 2 is 2.25 bits per heavy atom. The van der Waals surface area contributed by atoms with Gasteiger partial charge in [0.1, 0.15) is 11.8 Å². The second kappa shape index (κ2) is 3.46. The first kappa shape index (κ1) is 8.88. The second-order valence-electron chi connectivity index (χ2n) is 2.09. The summed E-state index contributed by atoms with van der Waals surface area (Å²) in [6.07, 6.45) is 1.64. The Morgan fingerprint density at radius 3 is 2.75 bits per heavy atom. The first-order valence-corrected chi connectivity index (χ1v) is 4.38. The van der Waals surface area contributed by atoms with Gasteiger partial charge >= 0.3 is 0 Å². The molecule has 4 heteroatoms. The third kappa shape index (κ3) is 1.36. The number of aromatic hydroxyl groups is 1. The predicted octanol–water partition coefficient (Wildman–Crippen LogP) is 2.12. The number of nitriles is 1. The summed E-state index contributed by atoms with van der Waals surface area (Å²) in [7, 11) is 0. The fourth-order valence-corrected chi connectivity index (χ4v) is 1.39. The van der Waals surface area contributed by atoms with Crippen molar-refractivity contribution in [1.82, 2.24) is 0 Å². The van der Waals surface area contributed by atoms with Crippen molar-refractivity contribution in [2.45, 2.75) is 4.90 Å². The highest BCUT2D eigenvalue weighted by Gasteiger charge is 2.10. The summed E-state index contributed by atoms with van der Waals surface area (Å²) in [5, 5.41) is 17.6. The molecule has 0 fully saturated rings. The highest BCUT2D eigenvalue weighted by Crippen LogP contribution is 2.30. The van der Waals surface area contributed by atoms with Crippen LogP contribution in [0.15, 0.2) is 17.0 Å². The van der Waals surface area contributed by atoms with E-state index in [0.717, 1.165) is 11.8 Å². The van der Waals surface area contributed by atoms with Crippen LogP contribution in [-0.4, -0.2) is 11.4 Å². The zero-order chi connectivity index (χ0) is 9.14. The summed E-state index contributed by atoms with van der Waals surface area (Å²) >= 11 is 1.08. The Morgan fingerprint density at radius 1 is 1.58 bits per heavy atom. The standard InChI is InChI=1S/C8H6FNOS/c1-12-8-6(11)3-2-5(4-10)7(8)9/h2-3,11H,1H3. The van der Waals surface area contributed by atoms with Crippen LogP contribution in [0.1, 0.15) is 5.56 Å². The normalized spacial score (nSPS) is 9.42. The highest BCUT2D eigenvalue weighted by atomic mass is 32.2. The summed E-state index contributed by atoms with van der Waals surface area (Å²) < 4.78 is 13.1. The maximum Gasteiger partial charge on any atom is 0.158 e. The van der Waals surface area contributed by atoms with Crippen LogP contribution < -0.4 is 0 Å². The lowest BCUT2D eigenvalue weighted by Gasteiger charge is -2.02. The second-order valence-corrected chi connectivity index (χ2v) is 2.91. The number of nitrogens with zero attached hydrogens (tertiary/aromatic N) is 1. The molecule has 1 aromatic carbocycles. The minimum absolute atomic E-state index is 0.0443. The van der Waals surface area contributed by atoms with Crippen molar-refractivity contribution in [3.05, 3.63) is 23.5 Å². The van der Waals surface area contributed by atoms with E-state index < -0.39 is 5.82 Å². The number of benzene rings is 1. The molecule has 1 rings (SSSR count). The molecular weight excluding hydrogens is 177 g/mol. The quantitative estimate of drug-likeness (QED) is 0.678. The Bertz CT molecular complexity index is 346. The Kier molecular flexibility index (Phi) is 2.56. The van der Waals surface area contributed by atoms with Gasteiger partial charge in [-0.2, -0.15) is 5.26 Å². The smallest absolute Gasteiger partial charge is 0.158 e. The molecule has 0 aliphatic rings. The maximum atomic E-state index is 13.1. The lowest BCUT2D eigenvalue weighted by molar-refractivity contribution is 0.449. The van der Waals surface area contributed by atoms with Gasteiger partial charge in [0, 0.05) is 0 Å². The van der Waals surface area contributed by atoms with Crippen molar-refractivity contribution >= 4 is 11.8 Å². The van der Waals surface area contributed by atoms with E-state index in [4.69, 9.17) is 10.4 Å². The number of rotatable bonds is 1. The molecule has 0 amide bonds. The molecule has 0 atom stereocenters. The van der Waals surface area contributed by atoms with Gasteiger partial charge in [0.15, 0.2) is 5.82 Å². The van der Waals surface area contributed by atoms with Crippen LogP contribution in [0.4, 0.5) is 4.39 Å². The molecule has 62 valence electrons. The molecule has 0 heterocycles. The SMILES string of the molecule is CSc1c(O)ccc(C#N)c1F. The Labute approximate surface area is 73.6 Å². The van der Waals surface area contributed by atoms with Crippen LogP contribution in [0.3, 0.4) is 0 Å². The van der Waals surface area contributed by atoms with Gasteiger partial charge in [0.05, 0.1) is 10.5 Å². The van der Waals surface area contributed by atoms with Gasteiger partial charge in [0.25, 0.3) is 0 Å². The first-order valence-electron chi connectivity index (χ1n) is 3.16. The average Bonchev–Trinajstić information content (AvgIpc) is 2.06. The molecule has 2 nitrogen and oxygen atoms in total. The summed E-state index contributed by atoms with van der Waals surface area (Å²) in [4.78, 5) is 0.119. The number of hydrogen-bond acceptors (Lipinski definition) is 3. The van der Waals surface area contributed by atoms with Gasteiger partial charge < -0.3 is 5.11 Å². The van der Waals surface area contributed by atoms with Crippen molar-refractivity contribution in [2.24, 2.45) is 0 Å². The van der Waals surface area contributed by atoms with E-state index in [0.29, 0.717) is 0 Å². The lowest BCUT2D eigenvalue weighted by atomic mass is 10.2. The fourth-order valence-electron chi connectivity index (χ4n) is 0.826. The van der Waals surface area contributed by atoms with Crippen LogP contribution in [0.5, 0.6) is 5.75 Å². The van der Waals surface area contributed by atoms with E-state index in [1.807, 2.05) is 0 Å². The molecule has 0 saturated carbocycles. The third-order valence-corrected chi connectivity index (χ3v) is 2.20. The van der Waals surface area contributed by atoms with Gasteiger partial charge in [0.2, 0.25) is 0 Å². The minimum atomic E-state index is -0.648. The van der Waals surface area contributed by atoms with Crippen LogP contribution in [0, 0.1) is 17.1 Å². The van der Waals surface area contributed by atoms with E-state index >= 15 is 0 Å². The van der Waals surface area contributed by atoms with E-state index in [1.165, 1.54) is 12.1 Å². The zero-order valence-corrected chi connectivity index (χ0v) is 7.15. The van der Waals surface area contributed by atoms with Gasteiger partial charge in [-0.1, -0.05) is 0 Å². The molecule has 0 bridgehead atoms. The molecule has 0 radical (unpaired) electrons. The predicted molar refractivity (Wildman–Crippen MR) is 44.6 cm³/mol. The average molecular weight is 183 g/mol. The number of phenols is 1. The zero-order valence-electron chi connectivity index (χ0n) is 6.34. The summed E-state index contributed by atoms with van der Waals surface area (Å²) in [5.41, 5.74) is -0.0443. The number of phenolic OH excluding ortho intramolecular Hbond substituents is 1. The summed E-state index contributed by atoms with van der Waals surface area (Å²) in [6, 6.07) is 4.27. The highest BCUT2D eigenvalue weighted by molar-refractivity contribution is 7.98. The summed E-state index contributed by atoms with van der Waals surface area (Å²) in [5.74, 6) is -0.774. The van der Waals surface area contributed by atoms with Crippen LogP contribution in [0.2, 0.25) is 0 Å². The number of halogens is 1. The van der Waals surface area contributed by atoms with E-state index in [9.17, 15) is 4.39 Å². The van der Waals surface area contributed by atoms with Crippen molar-refractivity contribution < 1.29 is 9.50 Å². The molecule has 0 spiro atoms. The van der Waals surface area contributed by atoms with Crippen LogP contribution in [-0.2, 0) is 0 Å². The van der Waals surface area contributed by atoms with Crippen LogP contribution in [0.25, 0.3) is 0 Å². The first-order chi connectivity index (χ1) is 5.70.